The van der Waals surface area contributed by atoms with Gasteiger partial charge < -0.3 is 79.9 Å². The van der Waals surface area contributed by atoms with Crippen LogP contribution in [0.2, 0.25) is 0 Å². The van der Waals surface area contributed by atoms with E-state index >= 15 is 0 Å². The lowest BCUT2D eigenvalue weighted by Crippen LogP contribution is -2.62. The van der Waals surface area contributed by atoms with Crippen molar-refractivity contribution in [2.24, 2.45) is 0 Å². The third-order valence-corrected chi connectivity index (χ3v) is 5.75. The lowest BCUT2D eigenvalue weighted by atomic mass is 9.98. The third-order valence-electron chi connectivity index (χ3n) is 5.75. The molecule has 0 amide bonds. The lowest BCUT2D eigenvalue weighted by molar-refractivity contribution is -0.356. The normalized spacial score (nSPS) is 53.7. The van der Waals surface area contributed by atoms with Crippen LogP contribution >= 0.6 is 0 Å². The van der Waals surface area contributed by atoms with Crippen molar-refractivity contribution in [1.82, 2.24) is 0 Å². The summed E-state index contributed by atoms with van der Waals surface area (Å²) in [6.07, 6.45) is -25.5. The first-order chi connectivity index (χ1) is 15.4. The summed E-state index contributed by atoms with van der Waals surface area (Å²) in [4.78, 5) is 0. The molecule has 0 bridgehead atoms. The smallest absolute Gasteiger partial charge is 0.189 e. The van der Waals surface area contributed by atoms with Crippen LogP contribution in [0.15, 0.2) is 0 Å². The van der Waals surface area contributed by atoms with Crippen molar-refractivity contribution < 1.29 is 79.9 Å². The quantitative estimate of drug-likeness (QED) is 0.165. The van der Waals surface area contributed by atoms with Gasteiger partial charge in [0.15, 0.2) is 25.2 Å². The predicted molar refractivity (Wildman–Crippen MR) is 96.4 cm³/mol. The maximum atomic E-state index is 10.2. The highest BCUT2D eigenvalue weighted by Gasteiger charge is 2.48. The van der Waals surface area contributed by atoms with Crippen molar-refractivity contribution in [2.45, 2.75) is 92.3 Å². The van der Waals surface area contributed by atoms with Gasteiger partial charge in [-0.25, -0.2) is 0 Å². The summed E-state index contributed by atoms with van der Waals surface area (Å²) in [5, 5.41) is 108. The van der Waals surface area contributed by atoms with Gasteiger partial charge in [-0.1, -0.05) is 0 Å². The average molecular weight is 490 g/mol. The zero-order valence-electron chi connectivity index (χ0n) is 17.0. The zero-order chi connectivity index (χ0) is 24.6. The molecule has 15 unspecified atom stereocenters. The summed E-state index contributed by atoms with van der Waals surface area (Å²) in [6.45, 7) is -1.19. The molecule has 0 spiro atoms. The van der Waals surface area contributed by atoms with E-state index < -0.39 is 106 Å². The molecule has 3 heterocycles. The molecule has 15 atom stereocenters. The fourth-order valence-corrected chi connectivity index (χ4v) is 3.61. The van der Waals surface area contributed by atoms with Crippen LogP contribution in [0.4, 0.5) is 0 Å². The Morgan fingerprint density at radius 1 is 0.394 bits per heavy atom. The molecule has 3 fully saturated rings. The number of ether oxygens (including phenoxy) is 5. The summed E-state index contributed by atoms with van der Waals surface area (Å²) in [5.41, 5.74) is 0. The molecule has 0 aliphatic carbocycles. The molecule has 3 rings (SSSR count). The molecule has 194 valence electrons. The van der Waals surface area contributed by atoms with Crippen LogP contribution in [0.25, 0.3) is 0 Å². The highest BCUT2D eigenvalue weighted by Crippen LogP contribution is 2.27. The summed E-state index contributed by atoms with van der Waals surface area (Å²) in [7, 11) is 0. The van der Waals surface area contributed by atoms with E-state index in [9.17, 15) is 56.2 Å². The number of hydrogen-bond acceptors (Lipinski definition) is 16. The molecule has 33 heavy (non-hydrogen) atoms. The molecule has 0 aromatic carbocycles. The molecule has 16 nitrogen and oxygen atoms in total. The Balaban J connectivity index is 1.57. The van der Waals surface area contributed by atoms with Gasteiger partial charge in [0, 0.05) is 0 Å². The van der Waals surface area contributed by atoms with E-state index in [0.29, 0.717) is 0 Å². The van der Waals surface area contributed by atoms with Gasteiger partial charge in [0.05, 0.1) is 13.2 Å². The minimum Gasteiger partial charge on any atom is -0.387 e. The molecule has 11 N–H and O–H groups in total. The van der Waals surface area contributed by atoms with Crippen molar-refractivity contribution in [3.8, 4) is 0 Å². The second-order valence-electron chi connectivity index (χ2n) is 8.09. The van der Waals surface area contributed by atoms with Crippen molar-refractivity contribution in [2.75, 3.05) is 13.2 Å². The SMILES string of the molecule is OC1OC(COC2OC(COC3OC(O)C(O)C(O)C3O)C(O)C(O)C2O)C(O)C(O)C1O. The van der Waals surface area contributed by atoms with Crippen LogP contribution in [0.1, 0.15) is 0 Å². The Bertz CT molecular complexity index is 576. The predicted octanol–water partition coefficient (Wildman–Crippen LogP) is -7.62. The van der Waals surface area contributed by atoms with E-state index in [1.54, 1.807) is 0 Å². The second-order valence-corrected chi connectivity index (χ2v) is 8.09. The molecule has 3 saturated heterocycles. The van der Waals surface area contributed by atoms with Crippen LogP contribution in [0, 0.1) is 0 Å². The van der Waals surface area contributed by atoms with E-state index in [1.807, 2.05) is 0 Å². The Hall–Kier alpha value is -0.640. The molecule has 16 heteroatoms. The van der Waals surface area contributed by atoms with Crippen LogP contribution in [-0.4, -0.2) is 162 Å². The van der Waals surface area contributed by atoms with E-state index in [1.165, 1.54) is 0 Å². The summed E-state index contributed by atoms with van der Waals surface area (Å²) in [5.74, 6) is 0. The number of aliphatic hydroxyl groups excluding tert-OH is 11. The topological polar surface area (TPSA) is 269 Å². The molecule has 3 aliphatic rings. The van der Waals surface area contributed by atoms with E-state index in [0.717, 1.165) is 0 Å². The van der Waals surface area contributed by atoms with Crippen molar-refractivity contribution in [3.05, 3.63) is 0 Å². The maximum Gasteiger partial charge on any atom is 0.189 e. The van der Waals surface area contributed by atoms with Gasteiger partial charge in [-0.3, -0.25) is 0 Å². The first-order valence-corrected chi connectivity index (χ1v) is 10.1. The summed E-state index contributed by atoms with van der Waals surface area (Å²) < 4.78 is 25.6. The monoisotopic (exact) mass is 490 g/mol. The van der Waals surface area contributed by atoms with E-state index in [2.05, 4.69) is 0 Å². The van der Waals surface area contributed by atoms with E-state index in [4.69, 9.17) is 23.7 Å². The molecular weight excluding hydrogens is 460 g/mol. The summed E-state index contributed by atoms with van der Waals surface area (Å²) >= 11 is 0. The van der Waals surface area contributed by atoms with Crippen LogP contribution < -0.4 is 0 Å². The Morgan fingerprint density at radius 2 is 0.758 bits per heavy atom. The second kappa shape index (κ2) is 11.0. The fourth-order valence-electron chi connectivity index (χ4n) is 3.61. The van der Waals surface area contributed by atoms with Gasteiger partial charge in [-0.15, -0.1) is 0 Å². The van der Waals surface area contributed by atoms with E-state index in [-0.39, 0.29) is 0 Å². The van der Waals surface area contributed by atoms with Gasteiger partial charge in [-0.2, -0.15) is 0 Å². The first kappa shape index (κ1) is 27.0. The fraction of sp³-hybridized carbons (Fsp3) is 1.00. The van der Waals surface area contributed by atoms with Gasteiger partial charge in [-0.05, 0) is 0 Å². The average Bonchev–Trinajstić information content (AvgIpc) is 2.79. The number of hydrogen-bond donors (Lipinski definition) is 11. The highest BCUT2D eigenvalue weighted by molar-refractivity contribution is 4.92. The molecule has 0 radical (unpaired) electrons. The Kier molecular flexibility index (Phi) is 8.95. The van der Waals surface area contributed by atoms with Crippen LogP contribution in [0.5, 0.6) is 0 Å². The molecule has 3 aliphatic heterocycles. The van der Waals surface area contributed by atoms with Crippen molar-refractivity contribution in [1.29, 1.82) is 0 Å². The van der Waals surface area contributed by atoms with Gasteiger partial charge >= 0.3 is 0 Å². The zero-order valence-corrected chi connectivity index (χ0v) is 17.0. The lowest BCUT2D eigenvalue weighted by Gasteiger charge is -2.43. The maximum absolute atomic E-state index is 10.2. The van der Waals surface area contributed by atoms with Crippen molar-refractivity contribution >= 4 is 0 Å². The van der Waals surface area contributed by atoms with Gasteiger partial charge in [0.2, 0.25) is 0 Å². The molecule has 0 aromatic heterocycles. The number of rotatable bonds is 6. The van der Waals surface area contributed by atoms with Gasteiger partial charge in [0.25, 0.3) is 0 Å². The Morgan fingerprint density at radius 3 is 1.27 bits per heavy atom. The third kappa shape index (κ3) is 5.62. The standard InChI is InChI=1S/C17H30O16/c18-5-3(31-14(27)10(23)7(5)20)1-29-16-12(25)8(21)6(19)4(32-16)2-30-17-13(26)9(22)11(24)15(28)33-17/h3-28H,1-2H2. The molecular formula is C17H30O16. The van der Waals surface area contributed by atoms with Crippen LogP contribution in [-0.2, 0) is 23.7 Å². The van der Waals surface area contributed by atoms with Crippen LogP contribution in [0.3, 0.4) is 0 Å². The summed E-state index contributed by atoms with van der Waals surface area (Å²) in [6, 6.07) is 0. The Labute approximate surface area is 186 Å². The molecule has 0 aromatic rings. The number of aliphatic hydroxyl groups is 11. The largest absolute Gasteiger partial charge is 0.387 e. The first-order valence-electron chi connectivity index (χ1n) is 10.1. The molecule has 0 saturated carbocycles. The van der Waals surface area contributed by atoms with Gasteiger partial charge in [0.1, 0.15) is 67.1 Å². The minimum atomic E-state index is -1.87. The highest BCUT2D eigenvalue weighted by atomic mass is 16.8. The minimum absolute atomic E-state index is 0.582. The van der Waals surface area contributed by atoms with Crippen molar-refractivity contribution in [3.63, 3.8) is 0 Å².